The van der Waals surface area contributed by atoms with Crippen molar-refractivity contribution in [2.24, 2.45) is 0 Å². The molecule has 8 aromatic rings. The number of methoxy groups -OCH3 is 6. The summed E-state index contributed by atoms with van der Waals surface area (Å²) >= 11 is 0. The molecule has 0 fully saturated rings. The second-order valence-corrected chi connectivity index (χ2v) is 40.3. The highest BCUT2D eigenvalue weighted by Gasteiger charge is 2.34. The third-order valence-corrected chi connectivity index (χ3v) is 26.7. The Balaban J connectivity index is 0.000000344. The molecule has 0 radical (unpaired) electrons. The zero-order chi connectivity index (χ0) is 108. The van der Waals surface area contributed by atoms with E-state index in [4.69, 9.17) is 75.8 Å². The molecule has 0 amide bonds. The summed E-state index contributed by atoms with van der Waals surface area (Å²) in [6.45, 7) is 50.4. The lowest BCUT2D eigenvalue weighted by Crippen LogP contribution is -2.21. The van der Waals surface area contributed by atoms with Gasteiger partial charge in [0.25, 0.3) is 0 Å². The van der Waals surface area contributed by atoms with E-state index in [1.807, 2.05) is 72.8 Å². The van der Waals surface area contributed by atoms with Crippen molar-refractivity contribution in [2.45, 2.75) is 380 Å². The third kappa shape index (κ3) is 40.7. The highest BCUT2D eigenvalue weighted by atomic mass is 16.5. The fourth-order valence-corrected chi connectivity index (χ4v) is 16.6. The van der Waals surface area contributed by atoms with E-state index in [1.54, 1.807) is 42.7 Å². The van der Waals surface area contributed by atoms with E-state index in [0.29, 0.717) is 183 Å². The van der Waals surface area contributed by atoms with Crippen LogP contribution in [0.5, 0.6) is 46.0 Å². The van der Waals surface area contributed by atoms with E-state index in [9.17, 15) is 40.9 Å². The van der Waals surface area contributed by atoms with Crippen LogP contribution in [0, 0.1) is 0 Å². The number of benzene rings is 8. The van der Waals surface area contributed by atoms with Crippen molar-refractivity contribution in [3.8, 4) is 46.0 Å². The SMILES string of the molecule is CCCCOCc1cc(C(C)(C)c2cc(COC)c(O)c(COC)c2)cc(COC)c1O.CCCCOCc1cc(C(C)(C)c2cc(COC)c(O)c(COCCCC)c2)cc(COC)c1O.CCCCOCc1cc(C(C)(C)c2cc(COCCCC)c(O)c(COCCCC)c2)cc(COC)c1O.CCCCOCc1cc(C(C)(C)c2cc(COCCCC)c(O)c(COCCCC)c2)cc(COCCCC)c1O. The fraction of sp³-hybridized carbons (Fsp3) is 0.607. The van der Waals surface area contributed by atoms with E-state index in [1.165, 1.54) is 0 Å². The van der Waals surface area contributed by atoms with Gasteiger partial charge in [-0.15, -0.1) is 0 Å². The number of phenols is 8. The second kappa shape index (κ2) is 69.8. The van der Waals surface area contributed by atoms with Crippen LogP contribution in [-0.2, 0) is 203 Å². The normalized spacial score (nSPS) is 11.8. The molecule has 820 valence electrons. The molecule has 0 bridgehead atoms. The molecule has 0 aromatic heterocycles. The third-order valence-electron chi connectivity index (χ3n) is 26.7. The van der Waals surface area contributed by atoms with Crippen LogP contribution >= 0.6 is 0 Å². The number of hydrogen-bond donors (Lipinski definition) is 8. The van der Waals surface area contributed by atoms with Gasteiger partial charge in [-0.2, -0.15) is 0 Å². The van der Waals surface area contributed by atoms with Gasteiger partial charge in [-0.25, -0.2) is 0 Å². The molecule has 146 heavy (non-hydrogen) atoms. The summed E-state index contributed by atoms with van der Waals surface area (Å²) in [4.78, 5) is 0. The molecule has 0 saturated heterocycles. The summed E-state index contributed by atoms with van der Waals surface area (Å²) in [7, 11) is 9.70. The molecule has 0 unspecified atom stereocenters. The maximum Gasteiger partial charge on any atom is 0.126 e. The molecule has 8 rings (SSSR count). The minimum absolute atomic E-state index is 0.198. The zero-order valence-corrected chi connectivity index (χ0v) is 93.9. The van der Waals surface area contributed by atoms with Gasteiger partial charge in [0.15, 0.2) is 0 Å². The lowest BCUT2D eigenvalue weighted by atomic mass is 9.76. The Hall–Kier alpha value is -8.48. The van der Waals surface area contributed by atoms with Crippen molar-refractivity contribution in [3.05, 3.63) is 231 Å². The topological polar surface area (TPSA) is 310 Å². The van der Waals surface area contributed by atoms with E-state index in [0.717, 1.165) is 251 Å². The van der Waals surface area contributed by atoms with Crippen molar-refractivity contribution in [2.75, 3.05) is 109 Å². The predicted octanol–water partition coefficient (Wildman–Crippen LogP) is 27.7. The van der Waals surface area contributed by atoms with Crippen molar-refractivity contribution in [3.63, 3.8) is 0 Å². The van der Waals surface area contributed by atoms with Crippen molar-refractivity contribution in [1.29, 1.82) is 0 Å². The van der Waals surface area contributed by atoms with Crippen LogP contribution in [0.1, 0.15) is 387 Å². The Kier molecular flexibility index (Phi) is 61.2. The van der Waals surface area contributed by atoms with E-state index in [-0.39, 0.29) is 46.0 Å². The monoisotopic (exact) mass is 2040 g/mol. The number of hydrogen-bond acceptors (Lipinski definition) is 24. The molecule has 8 aromatic carbocycles. The average molecular weight is 2040 g/mol. The summed E-state index contributed by atoms with van der Waals surface area (Å²) in [5.41, 5.74) is 18.5. The highest BCUT2D eigenvalue weighted by Crippen LogP contribution is 2.46. The lowest BCUT2D eigenvalue weighted by Gasteiger charge is -2.29. The molecule has 0 aliphatic carbocycles. The largest absolute Gasteiger partial charge is 0.507 e. The van der Waals surface area contributed by atoms with E-state index in [2.05, 4.69) is 149 Å². The lowest BCUT2D eigenvalue weighted by molar-refractivity contribution is 0.110. The van der Waals surface area contributed by atoms with Gasteiger partial charge in [-0.3, -0.25) is 0 Å². The van der Waals surface area contributed by atoms with Crippen molar-refractivity contribution < 1.29 is 117 Å². The van der Waals surface area contributed by atoms with Gasteiger partial charge < -0.3 is 117 Å². The van der Waals surface area contributed by atoms with Crippen LogP contribution in [0.4, 0.5) is 0 Å². The number of unbranched alkanes of at least 4 members (excludes halogenated alkanes) is 10. The Morgan fingerprint density at radius 1 is 0.151 bits per heavy atom. The second-order valence-electron chi connectivity index (χ2n) is 40.3. The maximum atomic E-state index is 11.1. The Labute approximate surface area is 877 Å². The van der Waals surface area contributed by atoms with Gasteiger partial charge in [-0.1, -0.05) is 189 Å². The van der Waals surface area contributed by atoms with Gasteiger partial charge in [-0.05, 0) is 206 Å². The molecule has 0 aliphatic heterocycles. The summed E-state index contributed by atoms with van der Waals surface area (Å²) in [6.07, 6.45) is 20.4. The molecule has 8 N–H and O–H groups in total. The Morgan fingerprint density at radius 3 is 0.308 bits per heavy atom. The molecule has 24 heteroatoms. The molecule has 0 aliphatic rings. The van der Waals surface area contributed by atoms with Crippen LogP contribution in [-0.4, -0.2) is 150 Å². The van der Waals surface area contributed by atoms with Gasteiger partial charge in [0.05, 0.1) is 106 Å². The van der Waals surface area contributed by atoms with E-state index < -0.39 is 21.7 Å². The predicted molar refractivity (Wildman–Crippen MR) is 583 cm³/mol. The highest BCUT2D eigenvalue weighted by molar-refractivity contribution is 5.58. The summed E-state index contributed by atoms with van der Waals surface area (Å²) in [5.74, 6) is 1.82. The quantitative estimate of drug-likeness (QED) is 0.0164. The fourth-order valence-electron chi connectivity index (χ4n) is 16.6. The number of aromatic hydroxyl groups is 8. The summed E-state index contributed by atoms with van der Waals surface area (Å²) in [6, 6.07) is 32.3. The first kappa shape index (κ1) is 128. The maximum absolute atomic E-state index is 11.1. The van der Waals surface area contributed by atoms with Crippen LogP contribution in [0.2, 0.25) is 0 Å². The first-order valence-electron chi connectivity index (χ1n) is 53.7. The molecule has 24 nitrogen and oxygen atoms in total. The Morgan fingerprint density at radius 2 is 0.233 bits per heavy atom. The zero-order valence-electron chi connectivity index (χ0n) is 93.9. The summed E-state index contributed by atoms with van der Waals surface area (Å²) in [5, 5.41) is 87.4. The van der Waals surface area contributed by atoms with Gasteiger partial charge in [0.1, 0.15) is 46.0 Å². The van der Waals surface area contributed by atoms with Crippen molar-refractivity contribution in [1.82, 2.24) is 0 Å². The molecular formula is C122H188O24. The van der Waals surface area contributed by atoms with Crippen LogP contribution < -0.4 is 0 Å². The molecule has 0 spiro atoms. The Bertz CT molecular complexity index is 4730. The van der Waals surface area contributed by atoms with Gasteiger partial charge in [0, 0.05) is 219 Å². The first-order chi connectivity index (χ1) is 70.2. The number of phenolic OH excluding ortho intramolecular Hbond substituents is 8. The standard InChI is InChI=1S/C35H56O6.C32H50O6.C29H44O6.C26H38O6/c1-7-11-15-38-23-27-19-31(20-28(33(27)36)24-39-16-12-8-2)35(5,6)32-21-29(25-40-17-13-9-3)34(37)30(22-32)26-41-18-14-10-4;1-7-10-13-36-21-25-17-28(16-24(20-35-6)30(25)33)32(4,5)29-18-26(22-37-14-11-8-2)31(34)27(19-29)23-38-15-12-9-3;1-7-9-11-34-19-23-15-25(13-21(17-32-5)27(23)30)29(3,4)26-14-22(18-33-6)28(31)24(16-26)20-35-12-10-8-2;1-7-8-9-32-17-21-13-23(12-20(16-31-6)25(21)28)26(2,3)22-10-18(14-29-4)24(27)19(11-22)15-30-5/h19-22,36-37H,7-18,23-26H2,1-6H3;16-19,33-34H,7-15,20-23H2,1-6H3;13-16,30-31H,7-12,17-20H2,1-6H3;10-13,27-28H,7-9,14-17H2,1-6H3. The minimum Gasteiger partial charge on any atom is -0.507 e. The smallest absolute Gasteiger partial charge is 0.126 e. The van der Waals surface area contributed by atoms with Crippen LogP contribution in [0.15, 0.2) is 97.1 Å². The molecule has 0 saturated carbocycles. The first-order valence-corrected chi connectivity index (χ1v) is 53.7. The van der Waals surface area contributed by atoms with Crippen molar-refractivity contribution >= 4 is 0 Å². The van der Waals surface area contributed by atoms with Gasteiger partial charge >= 0.3 is 0 Å². The van der Waals surface area contributed by atoms with Crippen LogP contribution in [0.3, 0.4) is 0 Å². The molecular weight excluding hydrogens is 1850 g/mol. The van der Waals surface area contributed by atoms with E-state index >= 15 is 0 Å². The van der Waals surface area contributed by atoms with Gasteiger partial charge in [0.2, 0.25) is 0 Å². The number of ether oxygens (including phenoxy) is 16. The molecule has 0 heterocycles. The molecule has 0 atom stereocenters. The van der Waals surface area contributed by atoms with Crippen LogP contribution in [0.25, 0.3) is 0 Å². The number of rotatable bonds is 70. The average Bonchev–Trinajstić information content (AvgIpc) is 0.782. The summed E-state index contributed by atoms with van der Waals surface area (Å²) < 4.78 is 90.9. The minimum atomic E-state index is -0.436.